The molecule has 1 heterocycles. The molecule has 1 N–H and O–H groups in total. The Morgan fingerprint density at radius 2 is 2.26 bits per heavy atom. The lowest BCUT2D eigenvalue weighted by atomic mass is 10.1. The minimum Gasteiger partial charge on any atom is -0.385 e. The van der Waals surface area contributed by atoms with Crippen molar-refractivity contribution in [3.8, 4) is 0 Å². The van der Waals surface area contributed by atoms with E-state index < -0.39 is 0 Å². The van der Waals surface area contributed by atoms with Crippen LogP contribution in [0, 0.1) is 11.8 Å². The van der Waals surface area contributed by atoms with Crippen LogP contribution in [0.15, 0.2) is 0 Å². The molecular formula is C14H26N2O3. The lowest BCUT2D eigenvalue weighted by Gasteiger charge is -2.17. The van der Waals surface area contributed by atoms with E-state index in [0.29, 0.717) is 32.0 Å². The molecular weight excluding hydrogens is 244 g/mol. The Morgan fingerprint density at radius 3 is 2.89 bits per heavy atom. The third kappa shape index (κ3) is 5.59. The highest BCUT2D eigenvalue weighted by Crippen LogP contribution is 2.19. The number of hydrogen-bond donors (Lipinski definition) is 1. The molecule has 0 radical (unpaired) electrons. The van der Waals surface area contributed by atoms with Crippen molar-refractivity contribution in [2.45, 2.75) is 33.1 Å². The fraction of sp³-hybridized carbons (Fsp3) is 0.857. The highest BCUT2D eigenvalue weighted by atomic mass is 16.5. The molecule has 5 heteroatoms. The van der Waals surface area contributed by atoms with Crippen LogP contribution in [0.3, 0.4) is 0 Å². The smallest absolute Gasteiger partial charge is 0.225 e. The quantitative estimate of drug-likeness (QED) is 0.670. The molecule has 0 aliphatic carbocycles. The number of nitrogens with zero attached hydrogens (tertiary/aromatic N) is 1. The summed E-state index contributed by atoms with van der Waals surface area (Å²) in [5.74, 6) is 0.506. The summed E-state index contributed by atoms with van der Waals surface area (Å²) in [5, 5.41) is 2.87. The molecule has 1 aliphatic heterocycles. The van der Waals surface area contributed by atoms with Crippen LogP contribution >= 0.6 is 0 Å². The highest BCUT2D eigenvalue weighted by molar-refractivity contribution is 5.89. The van der Waals surface area contributed by atoms with Gasteiger partial charge >= 0.3 is 0 Å². The third-order valence-corrected chi connectivity index (χ3v) is 3.39. The number of likely N-dealkylation sites (tertiary alicyclic amines) is 1. The Morgan fingerprint density at radius 1 is 1.53 bits per heavy atom. The lowest BCUT2D eigenvalue weighted by Crippen LogP contribution is -2.34. The first kappa shape index (κ1) is 16.0. The molecule has 1 fully saturated rings. The average molecular weight is 270 g/mol. The maximum absolute atomic E-state index is 11.9. The Labute approximate surface area is 115 Å². The van der Waals surface area contributed by atoms with Crippen LogP contribution in [-0.4, -0.2) is 50.1 Å². The van der Waals surface area contributed by atoms with Crippen molar-refractivity contribution in [2.24, 2.45) is 11.8 Å². The van der Waals surface area contributed by atoms with Crippen LogP contribution in [0.4, 0.5) is 0 Å². The van der Waals surface area contributed by atoms with Gasteiger partial charge in [-0.15, -0.1) is 0 Å². The number of carbonyl (C=O) groups excluding carboxylic acids is 2. The highest BCUT2D eigenvalue weighted by Gasteiger charge is 2.33. The molecule has 1 rings (SSSR count). The summed E-state index contributed by atoms with van der Waals surface area (Å²) < 4.78 is 4.92. The van der Waals surface area contributed by atoms with Gasteiger partial charge in [-0.1, -0.05) is 13.8 Å². The first-order valence-corrected chi connectivity index (χ1v) is 7.09. The van der Waals surface area contributed by atoms with Gasteiger partial charge in [0.1, 0.15) is 0 Å². The maximum Gasteiger partial charge on any atom is 0.225 e. The fourth-order valence-corrected chi connectivity index (χ4v) is 2.15. The Kier molecular flexibility index (Phi) is 6.84. The van der Waals surface area contributed by atoms with E-state index in [4.69, 9.17) is 4.74 Å². The summed E-state index contributed by atoms with van der Waals surface area (Å²) in [6.45, 7) is 6.88. The van der Waals surface area contributed by atoms with E-state index in [-0.39, 0.29) is 17.7 Å². The predicted molar refractivity (Wildman–Crippen MR) is 73.6 cm³/mol. The van der Waals surface area contributed by atoms with Gasteiger partial charge in [-0.2, -0.15) is 0 Å². The van der Waals surface area contributed by atoms with E-state index in [1.54, 1.807) is 7.11 Å². The SMILES string of the molecule is COCCCNC(=O)C1CC(=O)N(CCC(C)C)C1. The molecule has 2 amide bonds. The molecule has 1 aliphatic rings. The zero-order chi connectivity index (χ0) is 14.3. The van der Waals surface area contributed by atoms with E-state index in [1.807, 2.05) is 4.90 Å². The van der Waals surface area contributed by atoms with Crippen LogP contribution in [0.5, 0.6) is 0 Å². The van der Waals surface area contributed by atoms with Crippen molar-refractivity contribution >= 4 is 11.8 Å². The second kappa shape index (κ2) is 8.15. The molecule has 19 heavy (non-hydrogen) atoms. The molecule has 1 unspecified atom stereocenters. The number of rotatable bonds is 8. The minimum absolute atomic E-state index is 0.00324. The molecule has 0 spiro atoms. The summed E-state index contributed by atoms with van der Waals surface area (Å²) >= 11 is 0. The molecule has 0 aromatic heterocycles. The molecule has 1 atom stereocenters. The van der Waals surface area contributed by atoms with Gasteiger partial charge in [0.2, 0.25) is 11.8 Å². The van der Waals surface area contributed by atoms with Crippen molar-refractivity contribution in [1.29, 1.82) is 0 Å². The van der Waals surface area contributed by atoms with Gasteiger partial charge in [-0.05, 0) is 18.8 Å². The summed E-state index contributed by atoms with van der Waals surface area (Å²) in [4.78, 5) is 25.5. The summed E-state index contributed by atoms with van der Waals surface area (Å²) in [6, 6.07) is 0. The van der Waals surface area contributed by atoms with Crippen LogP contribution in [-0.2, 0) is 14.3 Å². The van der Waals surface area contributed by atoms with Crippen LogP contribution in [0.1, 0.15) is 33.1 Å². The third-order valence-electron chi connectivity index (χ3n) is 3.39. The second-order valence-electron chi connectivity index (χ2n) is 5.56. The zero-order valence-electron chi connectivity index (χ0n) is 12.3. The monoisotopic (exact) mass is 270 g/mol. The average Bonchev–Trinajstić information content (AvgIpc) is 2.73. The van der Waals surface area contributed by atoms with Crippen molar-refractivity contribution in [2.75, 3.05) is 33.4 Å². The first-order valence-electron chi connectivity index (χ1n) is 7.09. The molecule has 5 nitrogen and oxygen atoms in total. The number of carbonyl (C=O) groups is 2. The van der Waals surface area contributed by atoms with E-state index in [0.717, 1.165) is 19.4 Å². The van der Waals surface area contributed by atoms with Crippen molar-refractivity contribution in [1.82, 2.24) is 10.2 Å². The Hall–Kier alpha value is -1.10. The molecule has 1 saturated heterocycles. The zero-order valence-corrected chi connectivity index (χ0v) is 12.3. The molecule has 0 saturated carbocycles. The fourth-order valence-electron chi connectivity index (χ4n) is 2.15. The number of amides is 2. The van der Waals surface area contributed by atoms with E-state index in [9.17, 15) is 9.59 Å². The Balaban J connectivity index is 2.28. The van der Waals surface area contributed by atoms with Crippen molar-refractivity contribution in [3.05, 3.63) is 0 Å². The topological polar surface area (TPSA) is 58.6 Å². The minimum atomic E-state index is -0.179. The van der Waals surface area contributed by atoms with Gasteiger partial charge in [0.05, 0.1) is 5.92 Å². The first-order chi connectivity index (χ1) is 9.04. The van der Waals surface area contributed by atoms with Crippen LogP contribution < -0.4 is 5.32 Å². The lowest BCUT2D eigenvalue weighted by molar-refractivity contribution is -0.129. The van der Waals surface area contributed by atoms with Gasteiger partial charge in [0, 0.05) is 39.8 Å². The Bertz CT molecular complexity index is 305. The number of ether oxygens (including phenoxy) is 1. The molecule has 0 aromatic rings. The second-order valence-corrected chi connectivity index (χ2v) is 5.56. The predicted octanol–water partition coefficient (Wildman–Crippen LogP) is 1.03. The van der Waals surface area contributed by atoms with Crippen LogP contribution in [0.25, 0.3) is 0 Å². The maximum atomic E-state index is 11.9. The van der Waals surface area contributed by atoms with Gasteiger partial charge in [0.15, 0.2) is 0 Å². The van der Waals surface area contributed by atoms with Crippen molar-refractivity contribution < 1.29 is 14.3 Å². The van der Waals surface area contributed by atoms with Gasteiger partial charge in [0.25, 0.3) is 0 Å². The number of nitrogens with one attached hydrogen (secondary N) is 1. The molecule has 0 aromatic carbocycles. The number of methoxy groups -OCH3 is 1. The molecule has 110 valence electrons. The van der Waals surface area contributed by atoms with E-state index >= 15 is 0 Å². The standard InChI is InChI=1S/C14H26N2O3/c1-11(2)5-7-16-10-12(9-13(16)17)14(18)15-6-4-8-19-3/h11-12H,4-10H2,1-3H3,(H,15,18). The molecule has 0 bridgehead atoms. The van der Waals surface area contributed by atoms with E-state index in [2.05, 4.69) is 19.2 Å². The normalized spacial score (nSPS) is 19.3. The van der Waals surface area contributed by atoms with Crippen LogP contribution in [0.2, 0.25) is 0 Å². The summed E-state index contributed by atoms with van der Waals surface area (Å²) in [6.07, 6.45) is 2.15. The van der Waals surface area contributed by atoms with E-state index in [1.165, 1.54) is 0 Å². The summed E-state index contributed by atoms with van der Waals surface area (Å²) in [5.41, 5.74) is 0. The van der Waals surface area contributed by atoms with Crippen molar-refractivity contribution in [3.63, 3.8) is 0 Å². The van der Waals surface area contributed by atoms with Gasteiger partial charge in [-0.3, -0.25) is 9.59 Å². The summed E-state index contributed by atoms with van der Waals surface area (Å²) in [7, 11) is 1.64. The largest absolute Gasteiger partial charge is 0.385 e. The van der Waals surface area contributed by atoms with Gasteiger partial charge in [-0.25, -0.2) is 0 Å². The van der Waals surface area contributed by atoms with Gasteiger partial charge < -0.3 is 15.0 Å². The number of hydrogen-bond acceptors (Lipinski definition) is 3.